The van der Waals surface area contributed by atoms with Gasteiger partial charge in [0.25, 0.3) is 0 Å². The molecule has 0 N–H and O–H groups in total. The van der Waals surface area contributed by atoms with Gasteiger partial charge in [-0.2, -0.15) is 0 Å². The monoisotopic (exact) mass is 368 g/mol. The Morgan fingerprint density at radius 2 is 1.56 bits per heavy atom. The van der Waals surface area contributed by atoms with Crippen molar-refractivity contribution in [3.63, 3.8) is 0 Å². The van der Waals surface area contributed by atoms with E-state index in [0.29, 0.717) is 17.5 Å². The zero-order valence-corrected chi connectivity index (χ0v) is 15.8. The van der Waals surface area contributed by atoms with Crippen LogP contribution in [0.3, 0.4) is 0 Å². The summed E-state index contributed by atoms with van der Waals surface area (Å²) in [7, 11) is 0. The molecule has 2 aromatic rings. The Labute approximate surface area is 159 Å². The van der Waals surface area contributed by atoms with Gasteiger partial charge in [-0.3, -0.25) is 4.79 Å². The molecule has 5 heteroatoms. The third-order valence-electron chi connectivity index (χ3n) is 4.01. The lowest BCUT2D eigenvalue weighted by atomic mass is 9.97. The number of carbonyl (C=O) groups excluding carboxylic acids is 3. The Morgan fingerprint density at radius 3 is 2.19 bits per heavy atom. The Bertz CT molecular complexity index is 795. The largest absolute Gasteiger partial charge is 0.442 e. The van der Waals surface area contributed by atoms with Gasteiger partial charge in [0.1, 0.15) is 0 Å². The first-order chi connectivity index (χ1) is 12.9. The summed E-state index contributed by atoms with van der Waals surface area (Å²) in [4.78, 5) is 37.0. The van der Waals surface area contributed by atoms with Crippen molar-refractivity contribution in [1.82, 2.24) is 0 Å². The molecular weight excluding hydrogens is 344 g/mol. The molecule has 0 saturated carbocycles. The van der Waals surface area contributed by atoms with Crippen LogP contribution in [0.2, 0.25) is 0 Å². The van der Waals surface area contributed by atoms with Crippen molar-refractivity contribution in [2.24, 2.45) is 0 Å². The molecule has 27 heavy (non-hydrogen) atoms. The van der Waals surface area contributed by atoms with Crippen LogP contribution in [0.25, 0.3) is 0 Å². The Hall–Kier alpha value is -2.95. The highest BCUT2D eigenvalue weighted by Gasteiger charge is 2.29. The molecule has 1 atom stereocenters. The molecule has 2 aromatic carbocycles. The van der Waals surface area contributed by atoms with Crippen molar-refractivity contribution in [3.05, 3.63) is 71.3 Å². The van der Waals surface area contributed by atoms with Crippen LogP contribution < -0.4 is 0 Å². The minimum atomic E-state index is -1.31. The number of carbonyl (C=O) groups is 3. The number of esters is 3. The Balaban J connectivity index is 2.28. The highest BCUT2D eigenvalue weighted by Crippen LogP contribution is 2.25. The van der Waals surface area contributed by atoms with E-state index in [1.807, 2.05) is 32.9 Å². The minimum absolute atomic E-state index is 0.113. The first kappa shape index (κ1) is 20.4. The summed E-state index contributed by atoms with van der Waals surface area (Å²) in [6, 6.07) is 15.6. The average molecular weight is 368 g/mol. The van der Waals surface area contributed by atoms with E-state index in [-0.39, 0.29) is 12.3 Å². The molecular formula is C22H24O5. The average Bonchev–Trinajstić information content (AvgIpc) is 2.66. The van der Waals surface area contributed by atoms with Crippen LogP contribution in [0, 0.1) is 0 Å². The minimum Gasteiger partial charge on any atom is -0.442 e. The maximum Gasteiger partial charge on any atom is 0.359 e. The zero-order chi connectivity index (χ0) is 19.8. The molecule has 2 rings (SSSR count). The number of hydrogen-bond acceptors (Lipinski definition) is 5. The van der Waals surface area contributed by atoms with E-state index in [4.69, 9.17) is 9.47 Å². The lowest BCUT2D eigenvalue weighted by Gasteiger charge is -2.18. The Kier molecular flexibility index (Phi) is 7.29. The summed E-state index contributed by atoms with van der Waals surface area (Å²) in [5, 5.41) is 0. The second-order valence-corrected chi connectivity index (χ2v) is 6.48. The molecule has 0 saturated heterocycles. The molecule has 0 heterocycles. The smallest absolute Gasteiger partial charge is 0.359 e. The van der Waals surface area contributed by atoms with E-state index in [0.717, 1.165) is 5.56 Å². The lowest BCUT2D eigenvalue weighted by Crippen LogP contribution is -2.25. The van der Waals surface area contributed by atoms with Crippen molar-refractivity contribution in [2.45, 2.75) is 45.6 Å². The molecule has 0 fully saturated rings. The summed E-state index contributed by atoms with van der Waals surface area (Å²) in [6.45, 7) is 5.75. The van der Waals surface area contributed by atoms with Crippen LogP contribution >= 0.6 is 0 Å². The van der Waals surface area contributed by atoms with E-state index < -0.39 is 24.0 Å². The van der Waals surface area contributed by atoms with E-state index >= 15 is 0 Å². The maximum absolute atomic E-state index is 12.8. The lowest BCUT2D eigenvalue weighted by molar-refractivity contribution is -0.166. The van der Waals surface area contributed by atoms with E-state index in [2.05, 4.69) is 0 Å². The molecule has 0 aromatic heterocycles. The molecule has 0 spiro atoms. The zero-order valence-electron chi connectivity index (χ0n) is 15.8. The third kappa shape index (κ3) is 5.51. The fraction of sp³-hybridized carbons (Fsp3) is 0.318. The van der Waals surface area contributed by atoms with Gasteiger partial charge >= 0.3 is 17.9 Å². The maximum atomic E-state index is 12.8. The molecule has 0 aliphatic rings. The topological polar surface area (TPSA) is 69.7 Å². The van der Waals surface area contributed by atoms with E-state index in [1.54, 1.807) is 42.5 Å². The van der Waals surface area contributed by atoms with Crippen molar-refractivity contribution in [2.75, 3.05) is 0 Å². The summed E-state index contributed by atoms with van der Waals surface area (Å²) >= 11 is 0. The molecule has 5 nitrogen and oxygen atoms in total. The molecule has 0 amide bonds. The van der Waals surface area contributed by atoms with Crippen LogP contribution in [0.4, 0.5) is 0 Å². The summed E-state index contributed by atoms with van der Waals surface area (Å²) in [6.07, 6.45) is -0.624. The van der Waals surface area contributed by atoms with Crippen molar-refractivity contribution in [3.8, 4) is 0 Å². The molecule has 0 aliphatic heterocycles. The van der Waals surface area contributed by atoms with Crippen LogP contribution in [0.1, 0.15) is 67.1 Å². The van der Waals surface area contributed by atoms with Gasteiger partial charge in [-0.1, -0.05) is 69.3 Å². The number of ether oxygens (including phenoxy) is 2. The van der Waals surface area contributed by atoms with Gasteiger partial charge in [0.05, 0.1) is 5.56 Å². The Morgan fingerprint density at radius 1 is 0.926 bits per heavy atom. The molecule has 142 valence electrons. The van der Waals surface area contributed by atoms with Gasteiger partial charge in [0.15, 0.2) is 0 Å². The van der Waals surface area contributed by atoms with Crippen LogP contribution in [0.15, 0.2) is 54.6 Å². The predicted molar refractivity (Wildman–Crippen MR) is 101 cm³/mol. The van der Waals surface area contributed by atoms with Gasteiger partial charge in [0, 0.05) is 12.0 Å². The van der Waals surface area contributed by atoms with Crippen LogP contribution in [-0.4, -0.2) is 17.9 Å². The SMILES string of the molecule is CCCC(=O)OC(=O)C(OC(=O)c1ccccc1C(C)C)c1ccccc1. The highest BCUT2D eigenvalue weighted by atomic mass is 16.6. The fourth-order valence-corrected chi connectivity index (χ4v) is 2.66. The molecule has 1 unspecified atom stereocenters. The van der Waals surface area contributed by atoms with Crippen LogP contribution in [0.5, 0.6) is 0 Å². The summed E-state index contributed by atoms with van der Waals surface area (Å²) in [5.41, 5.74) is 1.66. The summed E-state index contributed by atoms with van der Waals surface area (Å²) < 4.78 is 10.4. The van der Waals surface area contributed by atoms with Crippen molar-refractivity contribution in [1.29, 1.82) is 0 Å². The third-order valence-corrected chi connectivity index (χ3v) is 4.01. The molecule has 0 aliphatic carbocycles. The van der Waals surface area contributed by atoms with Gasteiger partial charge in [-0.05, 0) is 24.0 Å². The number of benzene rings is 2. The molecule has 0 bridgehead atoms. The quantitative estimate of drug-likeness (QED) is 0.528. The van der Waals surface area contributed by atoms with E-state index in [9.17, 15) is 14.4 Å². The van der Waals surface area contributed by atoms with Gasteiger partial charge in [0.2, 0.25) is 6.10 Å². The second kappa shape index (κ2) is 9.67. The first-order valence-electron chi connectivity index (χ1n) is 9.03. The van der Waals surface area contributed by atoms with E-state index in [1.165, 1.54) is 0 Å². The second-order valence-electron chi connectivity index (χ2n) is 6.48. The van der Waals surface area contributed by atoms with Crippen molar-refractivity contribution >= 4 is 17.9 Å². The van der Waals surface area contributed by atoms with Gasteiger partial charge in [-0.25, -0.2) is 9.59 Å². The van der Waals surface area contributed by atoms with Crippen LogP contribution in [-0.2, 0) is 19.1 Å². The molecule has 0 radical (unpaired) electrons. The number of rotatable bonds is 7. The predicted octanol–water partition coefficient (Wildman–Crippen LogP) is 4.58. The summed E-state index contributed by atoms with van der Waals surface area (Å²) in [5.74, 6) is -2.05. The van der Waals surface area contributed by atoms with Gasteiger partial charge < -0.3 is 9.47 Å². The fourth-order valence-electron chi connectivity index (χ4n) is 2.66. The highest BCUT2D eigenvalue weighted by molar-refractivity contribution is 5.95. The first-order valence-corrected chi connectivity index (χ1v) is 9.03. The standard InChI is InChI=1S/C22H24O5/c1-4-10-19(23)26-22(25)20(16-11-6-5-7-12-16)27-21(24)18-14-9-8-13-17(18)15(2)3/h5-9,11-15,20H,4,10H2,1-3H3. The normalized spacial score (nSPS) is 11.7. The van der Waals surface area contributed by atoms with Crippen molar-refractivity contribution < 1.29 is 23.9 Å². The number of hydrogen-bond donors (Lipinski definition) is 0. The van der Waals surface area contributed by atoms with Gasteiger partial charge in [-0.15, -0.1) is 0 Å².